The van der Waals surface area contributed by atoms with E-state index in [4.69, 9.17) is 0 Å². The van der Waals surface area contributed by atoms with Gasteiger partial charge in [0.2, 0.25) is 5.95 Å². The molecule has 0 atom stereocenters. The fraction of sp³-hybridized carbons (Fsp3) is 0. The third kappa shape index (κ3) is 2.74. The van der Waals surface area contributed by atoms with Crippen molar-refractivity contribution in [2.24, 2.45) is 0 Å². The smallest absolute Gasteiger partial charge is 0.229 e. The lowest BCUT2D eigenvalue weighted by atomic mass is 10.1. The summed E-state index contributed by atoms with van der Waals surface area (Å²) >= 11 is 1.50. The third-order valence-electron chi connectivity index (χ3n) is 3.20. The van der Waals surface area contributed by atoms with Crippen molar-refractivity contribution in [2.75, 3.05) is 5.32 Å². The van der Waals surface area contributed by atoms with E-state index in [0.717, 1.165) is 16.4 Å². The Bertz CT molecular complexity index is 971. The maximum Gasteiger partial charge on any atom is 0.229 e. The molecule has 4 aromatic rings. The first-order valence-electron chi connectivity index (χ1n) is 6.75. The highest BCUT2D eigenvalue weighted by Gasteiger charge is 2.11. The number of anilines is 2. The largest absolute Gasteiger partial charge is 0.309 e. The Balaban J connectivity index is 1.74. The van der Waals surface area contributed by atoms with Crippen molar-refractivity contribution in [3.05, 3.63) is 60.1 Å². The van der Waals surface area contributed by atoms with E-state index < -0.39 is 5.82 Å². The van der Waals surface area contributed by atoms with Crippen LogP contribution in [0.5, 0.6) is 0 Å². The maximum absolute atomic E-state index is 14.1. The second-order valence-corrected chi connectivity index (χ2v) is 5.58. The molecule has 0 unspecified atom stereocenters. The zero-order chi connectivity index (χ0) is 15.6. The molecule has 1 radical (unpaired) electrons. The second kappa shape index (κ2) is 5.69. The van der Waals surface area contributed by atoms with Gasteiger partial charge >= 0.3 is 0 Å². The molecule has 0 bridgehead atoms. The molecule has 0 saturated carbocycles. The van der Waals surface area contributed by atoms with Crippen LogP contribution in [0.2, 0.25) is 0 Å². The molecule has 5 nitrogen and oxygen atoms in total. The van der Waals surface area contributed by atoms with E-state index in [1.54, 1.807) is 23.7 Å². The van der Waals surface area contributed by atoms with E-state index >= 15 is 0 Å². The SMILES string of the molecule is Fc1cnc(Nc2cc[c]cn2)nc1-c1ccc2ncsc2c1. The van der Waals surface area contributed by atoms with Crippen LogP contribution >= 0.6 is 11.3 Å². The van der Waals surface area contributed by atoms with E-state index in [0.29, 0.717) is 11.4 Å². The Morgan fingerprint density at radius 3 is 2.96 bits per heavy atom. The lowest BCUT2D eigenvalue weighted by Crippen LogP contribution is -2.01. The molecule has 23 heavy (non-hydrogen) atoms. The number of nitrogens with zero attached hydrogens (tertiary/aromatic N) is 4. The van der Waals surface area contributed by atoms with Gasteiger partial charge in [-0.3, -0.25) is 0 Å². The summed E-state index contributed by atoms with van der Waals surface area (Å²) in [5, 5.41) is 2.94. The van der Waals surface area contributed by atoms with Gasteiger partial charge < -0.3 is 5.32 Å². The minimum Gasteiger partial charge on any atom is -0.309 e. The highest BCUT2D eigenvalue weighted by molar-refractivity contribution is 7.16. The van der Waals surface area contributed by atoms with Crippen molar-refractivity contribution >= 4 is 33.3 Å². The summed E-state index contributed by atoms with van der Waals surface area (Å²) in [4.78, 5) is 16.5. The van der Waals surface area contributed by atoms with Gasteiger partial charge in [-0.1, -0.05) is 6.07 Å². The molecule has 1 N–H and O–H groups in total. The summed E-state index contributed by atoms with van der Waals surface area (Å²) in [5.41, 5.74) is 3.56. The minimum absolute atomic E-state index is 0.236. The first-order valence-corrected chi connectivity index (χ1v) is 7.63. The van der Waals surface area contributed by atoms with Crippen LogP contribution in [-0.2, 0) is 0 Å². The fourth-order valence-corrected chi connectivity index (χ4v) is 2.86. The van der Waals surface area contributed by atoms with Crippen molar-refractivity contribution in [2.45, 2.75) is 0 Å². The number of hydrogen-bond donors (Lipinski definition) is 1. The summed E-state index contributed by atoms with van der Waals surface area (Å²) < 4.78 is 15.1. The standard InChI is InChI=1S/C16H9FN5S/c17-11-8-19-16(21-14-3-1-2-6-18-14)22-15(11)10-4-5-12-13(7-10)23-9-20-12/h1,3-9H,(H,18,19,21,22). The molecule has 0 saturated heterocycles. The van der Waals surface area contributed by atoms with E-state index in [9.17, 15) is 4.39 Å². The zero-order valence-corrected chi connectivity index (χ0v) is 12.5. The Morgan fingerprint density at radius 2 is 2.09 bits per heavy atom. The number of halogens is 1. The summed E-state index contributed by atoms with van der Waals surface area (Å²) in [6, 6.07) is 11.8. The van der Waals surface area contributed by atoms with Gasteiger partial charge in [0.15, 0.2) is 5.82 Å². The predicted molar refractivity (Wildman–Crippen MR) is 87.0 cm³/mol. The number of fused-ring (bicyclic) bond motifs is 1. The predicted octanol–water partition coefficient (Wildman–Crippen LogP) is 3.83. The van der Waals surface area contributed by atoms with Crippen molar-refractivity contribution in [1.29, 1.82) is 0 Å². The number of nitrogens with one attached hydrogen (secondary N) is 1. The monoisotopic (exact) mass is 322 g/mol. The van der Waals surface area contributed by atoms with Crippen LogP contribution in [0.3, 0.4) is 0 Å². The number of benzene rings is 1. The normalized spacial score (nSPS) is 10.8. The summed E-state index contributed by atoms with van der Waals surface area (Å²) in [7, 11) is 0. The quantitative estimate of drug-likeness (QED) is 0.621. The Morgan fingerprint density at radius 1 is 1.13 bits per heavy atom. The molecule has 3 heterocycles. The third-order valence-corrected chi connectivity index (χ3v) is 4.00. The molecule has 0 amide bonds. The van der Waals surface area contributed by atoms with Crippen LogP contribution in [0.25, 0.3) is 21.5 Å². The number of thiazole rings is 1. The van der Waals surface area contributed by atoms with E-state index in [1.165, 1.54) is 17.5 Å². The van der Waals surface area contributed by atoms with Crippen LogP contribution in [-0.4, -0.2) is 19.9 Å². The van der Waals surface area contributed by atoms with Crippen molar-refractivity contribution in [1.82, 2.24) is 19.9 Å². The van der Waals surface area contributed by atoms with Gasteiger partial charge in [-0.05, 0) is 24.3 Å². The van der Waals surface area contributed by atoms with Crippen molar-refractivity contribution in [3.63, 3.8) is 0 Å². The first-order chi connectivity index (χ1) is 11.3. The average Bonchev–Trinajstić information content (AvgIpc) is 3.05. The summed E-state index contributed by atoms with van der Waals surface area (Å²) in [6.07, 6.45) is 2.68. The van der Waals surface area contributed by atoms with Gasteiger partial charge in [0, 0.05) is 17.8 Å². The average molecular weight is 322 g/mol. The minimum atomic E-state index is -0.478. The summed E-state index contributed by atoms with van der Waals surface area (Å²) in [5.74, 6) is 0.373. The Hall–Kier alpha value is -2.93. The first kappa shape index (κ1) is 13.7. The van der Waals surface area contributed by atoms with Crippen molar-refractivity contribution < 1.29 is 4.39 Å². The Kier molecular flexibility index (Phi) is 3.39. The van der Waals surface area contributed by atoms with Gasteiger partial charge in [0.25, 0.3) is 0 Å². The van der Waals surface area contributed by atoms with Crippen LogP contribution in [0.4, 0.5) is 16.2 Å². The maximum atomic E-state index is 14.1. The molecule has 0 fully saturated rings. The van der Waals surface area contributed by atoms with Crippen LogP contribution < -0.4 is 5.32 Å². The zero-order valence-electron chi connectivity index (χ0n) is 11.7. The molecule has 4 rings (SSSR count). The highest BCUT2D eigenvalue weighted by Crippen LogP contribution is 2.27. The Labute approximate surface area is 134 Å². The molecule has 0 aliphatic rings. The molecular formula is C16H9FN5S. The van der Waals surface area contributed by atoms with Gasteiger partial charge in [-0.15, -0.1) is 11.3 Å². The molecular weight excluding hydrogens is 313 g/mol. The van der Waals surface area contributed by atoms with Gasteiger partial charge in [0.1, 0.15) is 11.5 Å². The van der Waals surface area contributed by atoms with Gasteiger partial charge in [-0.2, -0.15) is 0 Å². The van der Waals surface area contributed by atoms with Gasteiger partial charge in [-0.25, -0.2) is 24.3 Å². The topological polar surface area (TPSA) is 63.6 Å². The van der Waals surface area contributed by atoms with Crippen LogP contribution in [0, 0.1) is 11.9 Å². The van der Waals surface area contributed by atoms with Gasteiger partial charge in [0.05, 0.1) is 21.9 Å². The molecule has 1 aromatic carbocycles. The fourth-order valence-electron chi connectivity index (χ4n) is 2.14. The molecule has 111 valence electrons. The lowest BCUT2D eigenvalue weighted by molar-refractivity contribution is 0.619. The molecule has 3 aromatic heterocycles. The van der Waals surface area contributed by atoms with Crippen LogP contribution in [0.1, 0.15) is 0 Å². The molecule has 0 aliphatic heterocycles. The number of hydrogen-bond acceptors (Lipinski definition) is 6. The van der Waals surface area contributed by atoms with Crippen LogP contribution in [0.15, 0.2) is 48.2 Å². The van der Waals surface area contributed by atoms with Crippen molar-refractivity contribution in [3.8, 4) is 11.3 Å². The molecule has 0 aliphatic carbocycles. The number of rotatable bonds is 3. The lowest BCUT2D eigenvalue weighted by Gasteiger charge is -2.07. The number of aromatic nitrogens is 4. The van der Waals surface area contributed by atoms with E-state index in [1.807, 2.05) is 12.1 Å². The number of pyridine rings is 1. The molecule has 7 heteroatoms. The highest BCUT2D eigenvalue weighted by atomic mass is 32.1. The second-order valence-electron chi connectivity index (χ2n) is 4.69. The summed E-state index contributed by atoms with van der Waals surface area (Å²) in [6.45, 7) is 0. The van der Waals surface area contributed by atoms with E-state index in [2.05, 4.69) is 31.3 Å². The molecule has 0 spiro atoms. The van der Waals surface area contributed by atoms with E-state index in [-0.39, 0.29) is 11.6 Å².